The van der Waals surface area contributed by atoms with Crippen LogP contribution in [0.4, 0.5) is 11.4 Å². The second kappa shape index (κ2) is 5.02. The van der Waals surface area contributed by atoms with E-state index >= 15 is 0 Å². The van der Waals surface area contributed by atoms with E-state index < -0.39 is 0 Å². The molecule has 1 heterocycles. The average molecular weight is 259 g/mol. The normalized spacial score (nSPS) is 10.2. The molecule has 0 aliphatic carbocycles. The number of fused-ring (bicyclic) bond motifs is 1. The van der Waals surface area contributed by atoms with Gasteiger partial charge >= 0.3 is 0 Å². The fraction of sp³-hybridized carbons (Fsp3) is 0.0588. The second-order valence-corrected chi connectivity index (χ2v) is 4.64. The molecule has 20 heavy (non-hydrogen) atoms. The van der Waals surface area contributed by atoms with Gasteiger partial charge in [0.15, 0.2) is 0 Å². The molecule has 3 heteroatoms. The van der Waals surface area contributed by atoms with Crippen LogP contribution in [-0.2, 0) is 0 Å². The lowest BCUT2D eigenvalue weighted by molar-refractivity contribution is 1.36. The van der Waals surface area contributed by atoms with Crippen molar-refractivity contribution in [2.45, 2.75) is 6.92 Å². The van der Waals surface area contributed by atoms with Gasteiger partial charge in [-0.3, -0.25) is 4.98 Å². The monoisotopic (exact) mass is 259 g/mol. The molecule has 0 aliphatic heterocycles. The van der Waals surface area contributed by atoms with Crippen molar-refractivity contribution in [2.75, 3.05) is 5.32 Å². The molecular formula is C17H13N3. The van der Waals surface area contributed by atoms with Gasteiger partial charge in [0, 0.05) is 23.5 Å². The fourth-order valence-electron chi connectivity index (χ4n) is 2.28. The van der Waals surface area contributed by atoms with E-state index in [9.17, 15) is 5.26 Å². The number of aryl methyl sites for hydroxylation is 1. The van der Waals surface area contributed by atoms with Gasteiger partial charge in [0.05, 0.1) is 11.3 Å². The summed E-state index contributed by atoms with van der Waals surface area (Å²) in [6.07, 6.45) is 3.61. The predicted molar refractivity (Wildman–Crippen MR) is 80.9 cm³/mol. The first-order chi connectivity index (χ1) is 9.79. The number of hydrogen-bond acceptors (Lipinski definition) is 3. The van der Waals surface area contributed by atoms with Gasteiger partial charge < -0.3 is 5.32 Å². The van der Waals surface area contributed by atoms with E-state index in [1.807, 2.05) is 55.6 Å². The van der Waals surface area contributed by atoms with Crippen molar-refractivity contribution in [2.24, 2.45) is 0 Å². The van der Waals surface area contributed by atoms with Crippen LogP contribution < -0.4 is 5.32 Å². The van der Waals surface area contributed by atoms with Crippen molar-refractivity contribution in [1.29, 1.82) is 5.26 Å². The second-order valence-electron chi connectivity index (χ2n) is 4.64. The van der Waals surface area contributed by atoms with Crippen LogP contribution in [0, 0.1) is 18.3 Å². The Morgan fingerprint density at radius 2 is 1.95 bits per heavy atom. The molecule has 0 saturated heterocycles. The molecule has 1 N–H and O–H groups in total. The van der Waals surface area contributed by atoms with E-state index in [-0.39, 0.29) is 0 Å². The van der Waals surface area contributed by atoms with Gasteiger partial charge in [0.25, 0.3) is 0 Å². The van der Waals surface area contributed by atoms with Gasteiger partial charge in [-0.15, -0.1) is 0 Å². The summed E-state index contributed by atoms with van der Waals surface area (Å²) >= 11 is 0. The third-order valence-electron chi connectivity index (χ3n) is 3.34. The maximum Gasteiger partial charge on any atom is 0.101 e. The molecule has 0 saturated carbocycles. The summed E-state index contributed by atoms with van der Waals surface area (Å²) < 4.78 is 0. The Morgan fingerprint density at radius 1 is 1.10 bits per heavy atom. The van der Waals surface area contributed by atoms with Crippen LogP contribution in [0.5, 0.6) is 0 Å². The predicted octanol–water partition coefficient (Wildman–Crippen LogP) is 4.16. The summed E-state index contributed by atoms with van der Waals surface area (Å²) in [5.41, 5.74) is 3.50. The van der Waals surface area contributed by atoms with Crippen molar-refractivity contribution in [3.63, 3.8) is 0 Å². The molecule has 0 bridgehead atoms. The van der Waals surface area contributed by atoms with E-state index in [1.165, 1.54) is 0 Å². The lowest BCUT2D eigenvalue weighted by atomic mass is 10.1. The zero-order valence-corrected chi connectivity index (χ0v) is 11.1. The van der Waals surface area contributed by atoms with E-state index in [0.717, 1.165) is 27.7 Å². The lowest BCUT2D eigenvalue weighted by Gasteiger charge is -2.13. The summed E-state index contributed by atoms with van der Waals surface area (Å²) in [5, 5.41) is 14.8. The van der Waals surface area contributed by atoms with E-state index in [1.54, 1.807) is 6.20 Å². The maximum atomic E-state index is 9.23. The highest BCUT2D eigenvalue weighted by Crippen LogP contribution is 2.29. The van der Waals surface area contributed by atoms with E-state index in [2.05, 4.69) is 16.4 Å². The molecule has 0 fully saturated rings. The highest BCUT2D eigenvalue weighted by Gasteiger charge is 2.07. The number of rotatable bonds is 2. The first-order valence-electron chi connectivity index (χ1n) is 6.39. The van der Waals surface area contributed by atoms with Gasteiger partial charge in [-0.25, -0.2) is 0 Å². The van der Waals surface area contributed by atoms with Crippen molar-refractivity contribution in [3.05, 3.63) is 66.0 Å². The summed E-state index contributed by atoms with van der Waals surface area (Å²) in [6.45, 7) is 1.99. The number of para-hydroxylation sites is 1. The van der Waals surface area contributed by atoms with E-state index in [0.29, 0.717) is 5.56 Å². The molecule has 96 valence electrons. The molecule has 2 aromatic carbocycles. The number of pyridine rings is 1. The maximum absolute atomic E-state index is 9.23. The van der Waals surface area contributed by atoms with Gasteiger partial charge in [-0.1, -0.05) is 24.3 Å². The number of nitrogens with zero attached hydrogens (tertiary/aromatic N) is 2. The molecule has 0 unspecified atom stereocenters. The average Bonchev–Trinajstić information content (AvgIpc) is 2.49. The number of nitrogens with one attached hydrogen (secondary N) is 1. The van der Waals surface area contributed by atoms with Crippen molar-refractivity contribution >= 4 is 22.1 Å². The van der Waals surface area contributed by atoms with Gasteiger partial charge in [0.1, 0.15) is 6.07 Å². The van der Waals surface area contributed by atoms with Crippen LogP contribution >= 0.6 is 0 Å². The number of benzene rings is 2. The SMILES string of the molecule is Cc1cccc(C#N)c1Nc1cccc2ccncc12. The first-order valence-corrected chi connectivity index (χ1v) is 6.39. The van der Waals surface area contributed by atoms with Crippen molar-refractivity contribution in [3.8, 4) is 6.07 Å². The first kappa shape index (κ1) is 12.2. The van der Waals surface area contributed by atoms with Crippen LogP contribution in [0.2, 0.25) is 0 Å². The van der Waals surface area contributed by atoms with Crippen LogP contribution in [0.25, 0.3) is 10.8 Å². The lowest BCUT2D eigenvalue weighted by Crippen LogP contribution is -1.97. The third kappa shape index (κ3) is 2.08. The van der Waals surface area contributed by atoms with Gasteiger partial charge in [0.2, 0.25) is 0 Å². The van der Waals surface area contributed by atoms with E-state index in [4.69, 9.17) is 0 Å². The Labute approximate surface area is 117 Å². The number of aromatic nitrogens is 1. The molecule has 0 atom stereocenters. The molecule has 0 amide bonds. The molecule has 3 nitrogen and oxygen atoms in total. The topological polar surface area (TPSA) is 48.7 Å². The Morgan fingerprint density at radius 3 is 2.80 bits per heavy atom. The standard InChI is InChI=1S/C17H13N3/c1-12-4-2-6-14(10-18)17(12)20-16-7-3-5-13-8-9-19-11-15(13)16/h2-9,11,20H,1H3. The quantitative estimate of drug-likeness (QED) is 0.751. The van der Waals surface area contributed by atoms with Crippen molar-refractivity contribution in [1.82, 2.24) is 4.98 Å². The van der Waals surface area contributed by atoms with Crippen molar-refractivity contribution < 1.29 is 0 Å². The molecular weight excluding hydrogens is 246 g/mol. The smallest absolute Gasteiger partial charge is 0.101 e. The minimum Gasteiger partial charge on any atom is -0.354 e. The summed E-state index contributed by atoms with van der Waals surface area (Å²) in [4.78, 5) is 4.18. The highest BCUT2D eigenvalue weighted by molar-refractivity contribution is 5.95. The number of nitriles is 1. The van der Waals surface area contributed by atoms with Crippen LogP contribution in [0.1, 0.15) is 11.1 Å². The zero-order valence-electron chi connectivity index (χ0n) is 11.1. The fourth-order valence-corrected chi connectivity index (χ4v) is 2.28. The molecule has 0 spiro atoms. The number of anilines is 2. The van der Waals surface area contributed by atoms with Crippen LogP contribution in [0.15, 0.2) is 54.9 Å². The van der Waals surface area contributed by atoms with Gasteiger partial charge in [-0.2, -0.15) is 5.26 Å². The minimum atomic E-state index is 0.644. The summed E-state index contributed by atoms with van der Waals surface area (Å²) in [5.74, 6) is 0. The van der Waals surface area contributed by atoms with Crippen LogP contribution in [-0.4, -0.2) is 4.98 Å². The zero-order chi connectivity index (χ0) is 13.9. The summed E-state index contributed by atoms with van der Waals surface area (Å²) in [6, 6.07) is 15.9. The molecule has 0 aliphatic rings. The molecule has 3 aromatic rings. The largest absolute Gasteiger partial charge is 0.354 e. The third-order valence-corrected chi connectivity index (χ3v) is 3.34. The molecule has 0 radical (unpaired) electrons. The summed E-state index contributed by atoms with van der Waals surface area (Å²) in [7, 11) is 0. The molecule has 3 rings (SSSR count). The van der Waals surface area contributed by atoms with Gasteiger partial charge in [-0.05, 0) is 36.1 Å². The Kier molecular flexibility index (Phi) is 3.06. The Balaban J connectivity index is 2.13. The Hall–Kier alpha value is -2.86. The van der Waals surface area contributed by atoms with Crippen LogP contribution in [0.3, 0.4) is 0 Å². The molecule has 1 aromatic heterocycles. The highest BCUT2D eigenvalue weighted by atomic mass is 14.9. The Bertz CT molecular complexity index is 811. The minimum absolute atomic E-state index is 0.644. The number of hydrogen-bond donors (Lipinski definition) is 1.